The van der Waals surface area contributed by atoms with Gasteiger partial charge in [0.25, 0.3) is 0 Å². The molecular formula is C12H4Cl4N2. The number of nitriles is 1. The second-order valence-corrected chi connectivity index (χ2v) is 5.02. The molecule has 18 heavy (non-hydrogen) atoms. The first-order valence-corrected chi connectivity index (χ1v) is 6.24. The quantitative estimate of drug-likeness (QED) is 0.675. The van der Waals surface area contributed by atoms with Gasteiger partial charge in [-0.25, -0.2) is 4.98 Å². The van der Waals surface area contributed by atoms with Gasteiger partial charge >= 0.3 is 0 Å². The van der Waals surface area contributed by atoms with E-state index in [4.69, 9.17) is 51.7 Å². The molecule has 0 bridgehead atoms. The van der Waals surface area contributed by atoms with Crippen molar-refractivity contribution < 1.29 is 0 Å². The zero-order valence-corrected chi connectivity index (χ0v) is 11.7. The number of rotatable bonds is 1. The summed E-state index contributed by atoms with van der Waals surface area (Å²) in [4.78, 5) is 3.94. The topological polar surface area (TPSA) is 36.7 Å². The molecule has 2 aromatic rings. The summed E-state index contributed by atoms with van der Waals surface area (Å²) in [6, 6.07) is 6.84. The van der Waals surface area contributed by atoms with E-state index in [-0.39, 0.29) is 10.7 Å². The summed E-state index contributed by atoms with van der Waals surface area (Å²) < 4.78 is 0. The molecule has 0 aliphatic rings. The normalized spacial score (nSPS) is 10.2. The summed E-state index contributed by atoms with van der Waals surface area (Å²) in [6.07, 6.45) is 1.53. The lowest BCUT2D eigenvalue weighted by Gasteiger charge is -2.06. The number of aromatic nitrogens is 1. The Balaban J connectivity index is 2.56. The highest BCUT2D eigenvalue weighted by molar-refractivity contribution is 6.48. The molecule has 0 atom stereocenters. The molecular weight excluding hydrogens is 314 g/mol. The van der Waals surface area contributed by atoms with Crippen molar-refractivity contribution >= 4 is 46.4 Å². The second kappa shape index (κ2) is 5.34. The van der Waals surface area contributed by atoms with E-state index in [1.54, 1.807) is 18.2 Å². The van der Waals surface area contributed by atoms with Gasteiger partial charge in [-0.1, -0.05) is 46.4 Å². The summed E-state index contributed by atoms with van der Waals surface area (Å²) >= 11 is 23.7. The molecule has 0 unspecified atom stereocenters. The molecule has 2 nitrogen and oxygen atoms in total. The lowest BCUT2D eigenvalue weighted by molar-refractivity contribution is 1.26. The molecule has 0 amide bonds. The summed E-state index contributed by atoms with van der Waals surface area (Å²) in [6.45, 7) is 0. The van der Waals surface area contributed by atoms with E-state index in [0.717, 1.165) is 5.56 Å². The average Bonchev–Trinajstić information content (AvgIpc) is 2.35. The van der Waals surface area contributed by atoms with E-state index in [0.29, 0.717) is 20.6 Å². The fraction of sp³-hybridized carbons (Fsp3) is 0. The molecule has 0 N–H and O–H groups in total. The SMILES string of the molecule is N#Cc1ncc(-c2cc(Cl)c(Cl)c(Cl)c2)cc1Cl. The molecule has 1 aromatic carbocycles. The highest BCUT2D eigenvalue weighted by Gasteiger charge is 2.09. The van der Waals surface area contributed by atoms with Crippen LogP contribution in [0.3, 0.4) is 0 Å². The van der Waals surface area contributed by atoms with Crippen LogP contribution in [0.5, 0.6) is 0 Å². The molecule has 0 spiro atoms. The van der Waals surface area contributed by atoms with Crippen molar-refractivity contribution in [2.45, 2.75) is 0 Å². The van der Waals surface area contributed by atoms with E-state index in [2.05, 4.69) is 4.98 Å². The van der Waals surface area contributed by atoms with Crippen LogP contribution in [0.15, 0.2) is 24.4 Å². The van der Waals surface area contributed by atoms with Crippen LogP contribution in [0.4, 0.5) is 0 Å². The minimum absolute atomic E-state index is 0.173. The van der Waals surface area contributed by atoms with Crippen LogP contribution in [0.2, 0.25) is 20.1 Å². The summed E-state index contributed by atoms with van der Waals surface area (Å²) in [5.74, 6) is 0. The summed E-state index contributed by atoms with van der Waals surface area (Å²) in [7, 11) is 0. The van der Waals surface area contributed by atoms with Crippen LogP contribution < -0.4 is 0 Å². The summed E-state index contributed by atoms with van der Waals surface area (Å²) in [5, 5.41) is 10.0. The fourth-order valence-corrected chi connectivity index (χ4v) is 2.21. The van der Waals surface area contributed by atoms with Gasteiger partial charge in [0.05, 0.1) is 20.1 Å². The Morgan fingerprint density at radius 3 is 1.94 bits per heavy atom. The maximum Gasteiger partial charge on any atom is 0.159 e. The first-order chi connectivity index (χ1) is 8.52. The Morgan fingerprint density at radius 2 is 1.44 bits per heavy atom. The monoisotopic (exact) mass is 316 g/mol. The number of benzene rings is 1. The van der Waals surface area contributed by atoms with Crippen molar-refractivity contribution in [1.29, 1.82) is 5.26 Å². The molecule has 90 valence electrons. The van der Waals surface area contributed by atoms with E-state index in [1.165, 1.54) is 6.20 Å². The summed E-state index contributed by atoms with van der Waals surface area (Å²) in [5.41, 5.74) is 1.61. The Bertz CT molecular complexity index is 639. The first kappa shape index (κ1) is 13.5. The van der Waals surface area contributed by atoms with Gasteiger partial charge in [0.15, 0.2) is 5.69 Å². The molecule has 0 aliphatic heterocycles. The molecule has 2 rings (SSSR count). The number of nitrogens with zero attached hydrogens (tertiary/aromatic N) is 2. The smallest absolute Gasteiger partial charge is 0.159 e. The lowest BCUT2D eigenvalue weighted by Crippen LogP contribution is -1.87. The predicted octanol–water partition coefficient (Wildman–Crippen LogP) is 5.23. The third-order valence-corrected chi connectivity index (χ3v) is 3.75. The average molecular weight is 318 g/mol. The first-order valence-electron chi connectivity index (χ1n) is 4.73. The third-order valence-electron chi connectivity index (χ3n) is 2.26. The maximum absolute atomic E-state index is 8.75. The van der Waals surface area contributed by atoms with Crippen LogP contribution in [0, 0.1) is 11.3 Å². The van der Waals surface area contributed by atoms with Gasteiger partial charge in [0.2, 0.25) is 0 Å². The number of hydrogen-bond acceptors (Lipinski definition) is 2. The Labute approximate surface area is 124 Å². The number of hydrogen-bond donors (Lipinski definition) is 0. The zero-order chi connectivity index (χ0) is 13.3. The molecule has 0 aliphatic carbocycles. The zero-order valence-electron chi connectivity index (χ0n) is 8.72. The van der Waals surface area contributed by atoms with Gasteiger partial charge in [0, 0.05) is 11.8 Å². The highest BCUT2D eigenvalue weighted by Crippen LogP contribution is 2.35. The van der Waals surface area contributed by atoms with Crippen LogP contribution in [0.1, 0.15) is 5.69 Å². The van der Waals surface area contributed by atoms with Gasteiger partial charge in [-0.05, 0) is 23.8 Å². The van der Waals surface area contributed by atoms with Gasteiger partial charge in [-0.2, -0.15) is 5.26 Å². The minimum atomic E-state index is 0.173. The largest absolute Gasteiger partial charge is 0.243 e. The highest BCUT2D eigenvalue weighted by atomic mass is 35.5. The van der Waals surface area contributed by atoms with Crippen molar-refractivity contribution in [3.63, 3.8) is 0 Å². The fourth-order valence-electron chi connectivity index (χ4n) is 1.40. The predicted molar refractivity (Wildman–Crippen MR) is 74.4 cm³/mol. The molecule has 0 saturated heterocycles. The van der Waals surface area contributed by atoms with Crippen molar-refractivity contribution in [2.75, 3.05) is 0 Å². The van der Waals surface area contributed by atoms with E-state index in [1.807, 2.05) is 6.07 Å². The van der Waals surface area contributed by atoms with Crippen molar-refractivity contribution in [3.8, 4) is 17.2 Å². The van der Waals surface area contributed by atoms with Gasteiger partial charge < -0.3 is 0 Å². The molecule has 1 heterocycles. The number of pyridine rings is 1. The van der Waals surface area contributed by atoms with E-state index < -0.39 is 0 Å². The molecule has 6 heteroatoms. The maximum atomic E-state index is 8.75. The Morgan fingerprint density at radius 1 is 0.889 bits per heavy atom. The van der Waals surface area contributed by atoms with Crippen molar-refractivity contribution in [1.82, 2.24) is 4.98 Å². The van der Waals surface area contributed by atoms with Gasteiger partial charge in [0.1, 0.15) is 6.07 Å². The molecule has 0 fully saturated rings. The van der Waals surface area contributed by atoms with Crippen molar-refractivity contribution in [2.24, 2.45) is 0 Å². The Hall–Kier alpha value is -0.980. The van der Waals surface area contributed by atoms with Crippen LogP contribution in [-0.2, 0) is 0 Å². The van der Waals surface area contributed by atoms with Crippen LogP contribution in [-0.4, -0.2) is 4.98 Å². The van der Waals surface area contributed by atoms with Gasteiger partial charge in [-0.3, -0.25) is 0 Å². The third kappa shape index (κ3) is 2.55. The van der Waals surface area contributed by atoms with Crippen LogP contribution in [0.25, 0.3) is 11.1 Å². The molecule has 0 saturated carbocycles. The van der Waals surface area contributed by atoms with E-state index in [9.17, 15) is 0 Å². The van der Waals surface area contributed by atoms with E-state index >= 15 is 0 Å². The Kier molecular flexibility index (Phi) is 3.99. The van der Waals surface area contributed by atoms with Crippen LogP contribution >= 0.6 is 46.4 Å². The van der Waals surface area contributed by atoms with Gasteiger partial charge in [-0.15, -0.1) is 0 Å². The lowest BCUT2D eigenvalue weighted by atomic mass is 10.1. The molecule has 1 aromatic heterocycles. The standard InChI is InChI=1S/C12H4Cl4N2/c13-8-3-7(5-18-11(8)4-17)6-1-9(14)12(16)10(15)2-6/h1-3,5H. The van der Waals surface area contributed by atoms with Crippen molar-refractivity contribution in [3.05, 3.63) is 50.2 Å². The minimum Gasteiger partial charge on any atom is -0.243 e. The second-order valence-electron chi connectivity index (χ2n) is 3.42. The number of halogens is 4. The molecule has 0 radical (unpaired) electrons.